The van der Waals surface area contributed by atoms with E-state index in [0.717, 1.165) is 6.07 Å². The molecule has 1 heterocycles. The molecule has 0 spiro atoms. The van der Waals surface area contributed by atoms with E-state index in [2.05, 4.69) is 9.68 Å². The summed E-state index contributed by atoms with van der Waals surface area (Å²) in [6.45, 7) is 0. The molecule has 6 heteroatoms. The molecule has 2 aromatic rings. The van der Waals surface area contributed by atoms with Crippen molar-refractivity contribution >= 4 is 16.8 Å². The molecule has 0 radical (unpaired) electrons. The number of anilines is 1. The van der Waals surface area contributed by atoms with Gasteiger partial charge in [-0.25, -0.2) is 0 Å². The topological polar surface area (TPSA) is 52.0 Å². The molecule has 74 valence electrons. The van der Waals surface area contributed by atoms with E-state index in [-0.39, 0.29) is 16.8 Å². The first-order valence-corrected chi connectivity index (χ1v) is 3.71. The normalized spacial score (nSPS) is 12.2. The highest BCUT2D eigenvalue weighted by Crippen LogP contribution is 2.35. The van der Waals surface area contributed by atoms with Gasteiger partial charge in [0.25, 0.3) is 0 Å². The van der Waals surface area contributed by atoms with Crippen molar-refractivity contribution in [2.45, 2.75) is 6.18 Å². The van der Waals surface area contributed by atoms with Crippen LogP contribution in [0, 0.1) is 0 Å². The van der Waals surface area contributed by atoms with E-state index in [0.29, 0.717) is 0 Å². The van der Waals surface area contributed by atoms with E-state index in [1.807, 2.05) is 0 Å². The van der Waals surface area contributed by atoms with Gasteiger partial charge in [0.05, 0.1) is 10.9 Å². The average molecular weight is 202 g/mol. The van der Waals surface area contributed by atoms with Crippen LogP contribution in [0.4, 0.5) is 19.1 Å². The monoisotopic (exact) mass is 202 g/mol. The number of nitrogen functional groups attached to an aromatic ring is 1. The molecule has 3 nitrogen and oxygen atoms in total. The zero-order valence-corrected chi connectivity index (χ0v) is 6.80. The molecule has 1 aromatic carbocycles. The molecular formula is C8H5F3N2O. The molecule has 0 fully saturated rings. The van der Waals surface area contributed by atoms with Crippen LogP contribution in [0.1, 0.15) is 5.56 Å². The lowest BCUT2D eigenvalue weighted by Gasteiger charge is -2.05. The van der Waals surface area contributed by atoms with E-state index in [1.54, 1.807) is 0 Å². The molecular weight excluding hydrogens is 197 g/mol. The number of aromatic nitrogens is 1. The number of hydrogen-bond donors (Lipinski definition) is 1. The maximum atomic E-state index is 12.4. The van der Waals surface area contributed by atoms with Crippen LogP contribution in [-0.4, -0.2) is 5.16 Å². The van der Waals surface area contributed by atoms with Crippen molar-refractivity contribution in [2.75, 3.05) is 5.73 Å². The minimum atomic E-state index is -4.44. The fourth-order valence-electron chi connectivity index (χ4n) is 1.21. The molecule has 0 aliphatic rings. The van der Waals surface area contributed by atoms with E-state index in [9.17, 15) is 13.2 Å². The molecule has 0 aliphatic carbocycles. The Morgan fingerprint density at radius 1 is 1.29 bits per heavy atom. The minimum absolute atomic E-state index is 0.105. The summed E-state index contributed by atoms with van der Waals surface area (Å²) in [7, 11) is 0. The third-order valence-corrected chi connectivity index (χ3v) is 1.84. The van der Waals surface area contributed by atoms with Gasteiger partial charge < -0.3 is 10.3 Å². The summed E-state index contributed by atoms with van der Waals surface area (Å²) in [6, 6.07) is 3.62. The average Bonchev–Trinajstić information content (AvgIpc) is 2.46. The van der Waals surface area contributed by atoms with Crippen LogP contribution >= 0.6 is 0 Å². The number of alkyl halides is 3. The van der Waals surface area contributed by atoms with Crippen LogP contribution in [0.3, 0.4) is 0 Å². The molecule has 2 N–H and O–H groups in total. The molecule has 14 heavy (non-hydrogen) atoms. The summed E-state index contributed by atoms with van der Waals surface area (Å²) >= 11 is 0. The predicted octanol–water partition coefficient (Wildman–Crippen LogP) is 2.43. The maximum absolute atomic E-state index is 12.4. The maximum Gasteiger partial charge on any atom is 0.418 e. The van der Waals surface area contributed by atoms with Crippen molar-refractivity contribution in [1.82, 2.24) is 5.16 Å². The zero-order chi connectivity index (χ0) is 10.3. The Bertz CT molecular complexity index is 475. The second kappa shape index (κ2) is 2.63. The van der Waals surface area contributed by atoms with Crippen LogP contribution in [-0.2, 0) is 6.18 Å². The van der Waals surface area contributed by atoms with Crippen LogP contribution in [0.5, 0.6) is 0 Å². The number of fused-ring (bicyclic) bond motifs is 1. The van der Waals surface area contributed by atoms with Crippen LogP contribution in [0.15, 0.2) is 22.7 Å². The van der Waals surface area contributed by atoms with Crippen LogP contribution in [0.2, 0.25) is 0 Å². The van der Waals surface area contributed by atoms with Crippen molar-refractivity contribution < 1.29 is 17.7 Å². The molecule has 0 saturated carbocycles. The van der Waals surface area contributed by atoms with Gasteiger partial charge in [0, 0.05) is 0 Å². The Balaban J connectivity index is 2.79. The van der Waals surface area contributed by atoms with Gasteiger partial charge in [0.1, 0.15) is 5.52 Å². The zero-order valence-electron chi connectivity index (χ0n) is 6.80. The predicted molar refractivity (Wildman–Crippen MR) is 43.4 cm³/mol. The minimum Gasteiger partial charge on any atom is -0.367 e. The van der Waals surface area contributed by atoms with Gasteiger partial charge >= 0.3 is 6.18 Å². The first kappa shape index (κ1) is 8.86. The molecule has 0 atom stereocenters. The standard InChI is InChI=1S/C8H5F3N2O/c9-8(10,11)5-3-1-2-4-6(5)13-14-7(4)12/h1-3H,12H2. The van der Waals surface area contributed by atoms with E-state index >= 15 is 0 Å². The van der Waals surface area contributed by atoms with Crippen LogP contribution in [0.25, 0.3) is 10.9 Å². The van der Waals surface area contributed by atoms with Crippen molar-refractivity contribution in [1.29, 1.82) is 0 Å². The summed E-state index contributed by atoms with van der Waals surface area (Å²) in [6.07, 6.45) is -4.44. The molecule has 0 amide bonds. The summed E-state index contributed by atoms with van der Waals surface area (Å²) in [5.74, 6) is -0.105. The smallest absolute Gasteiger partial charge is 0.367 e. The molecule has 0 saturated heterocycles. The van der Waals surface area contributed by atoms with Gasteiger partial charge in [-0.2, -0.15) is 13.2 Å². The lowest BCUT2D eigenvalue weighted by atomic mass is 10.1. The largest absolute Gasteiger partial charge is 0.418 e. The first-order chi connectivity index (χ1) is 6.50. The van der Waals surface area contributed by atoms with Crippen molar-refractivity contribution in [3.05, 3.63) is 23.8 Å². The molecule has 0 bridgehead atoms. The summed E-state index contributed by atoms with van der Waals surface area (Å²) in [5, 5.41) is 3.45. The van der Waals surface area contributed by atoms with Crippen molar-refractivity contribution in [2.24, 2.45) is 0 Å². The molecule has 2 rings (SSSR count). The lowest BCUT2D eigenvalue weighted by molar-refractivity contribution is -0.136. The van der Waals surface area contributed by atoms with Gasteiger partial charge in [-0.1, -0.05) is 11.2 Å². The Labute approximate surface area is 76.3 Å². The fraction of sp³-hybridized carbons (Fsp3) is 0.125. The summed E-state index contributed by atoms with van der Waals surface area (Å²) in [4.78, 5) is 0. The second-order valence-corrected chi connectivity index (χ2v) is 2.75. The van der Waals surface area contributed by atoms with Gasteiger partial charge in [0.2, 0.25) is 5.88 Å². The van der Waals surface area contributed by atoms with Gasteiger partial charge in [0.15, 0.2) is 0 Å². The number of halogens is 3. The number of rotatable bonds is 0. The summed E-state index contributed by atoms with van der Waals surface area (Å²) < 4.78 is 41.7. The number of hydrogen-bond acceptors (Lipinski definition) is 3. The Hall–Kier alpha value is -1.72. The number of nitrogens with two attached hydrogens (primary N) is 1. The van der Waals surface area contributed by atoms with Crippen LogP contribution < -0.4 is 5.73 Å². The molecule has 1 aromatic heterocycles. The summed E-state index contributed by atoms with van der Waals surface area (Å²) in [5.41, 5.74) is 4.20. The van der Waals surface area contributed by atoms with E-state index in [1.165, 1.54) is 12.1 Å². The second-order valence-electron chi connectivity index (χ2n) is 2.75. The quantitative estimate of drug-likeness (QED) is 0.713. The lowest BCUT2D eigenvalue weighted by Crippen LogP contribution is -2.05. The van der Waals surface area contributed by atoms with Gasteiger partial charge in [-0.3, -0.25) is 0 Å². The van der Waals surface area contributed by atoms with Gasteiger partial charge in [-0.15, -0.1) is 0 Å². The highest BCUT2D eigenvalue weighted by molar-refractivity contribution is 5.89. The highest BCUT2D eigenvalue weighted by atomic mass is 19.4. The van der Waals surface area contributed by atoms with Crippen molar-refractivity contribution in [3.63, 3.8) is 0 Å². The van der Waals surface area contributed by atoms with Gasteiger partial charge in [-0.05, 0) is 12.1 Å². The van der Waals surface area contributed by atoms with E-state index < -0.39 is 11.7 Å². The third kappa shape index (κ3) is 1.19. The van der Waals surface area contributed by atoms with E-state index in [4.69, 9.17) is 5.73 Å². The highest BCUT2D eigenvalue weighted by Gasteiger charge is 2.34. The molecule has 0 aliphatic heterocycles. The Morgan fingerprint density at radius 3 is 2.64 bits per heavy atom. The number of nitrogens with zero attached hydrogens (tertiary/aromatic N) is 1. The Morgan fingerprint density at radius 2 is 2.00 bits per heavy atom. The first-order valence-electron chi connectivity index (χ1n) is 3.71. The fourth-order valence-corrected chi connectivity index (χ4v) is 1.21. The Kier molecular flexibility index (Phi) is 1.67. The third-order valence-electron chi connectivity index (χ3n) is 1.84. The number of benzene rings is 1. The molecule has 0 unspecified atom stereocenters. The SMILES string of the molecule is Nc1onc2c(C(F)(F)F)cccc12. The van der Waals surface area contributed by atoms with Crippen molar-refractivity contribution in [3.8, 4) is 0 Å².